The standard InChI is InChI=1S/C25H25/c1-24(2,3)17-11-10-16(12-17)19-14-20-18-9-7-6-8-15(18)13-21(20)23-22(19)25(23,4)5/h6-9,11-14H,10H2,1-5H3. The van der Waals surface area contributed by atoms with Gasteiger partial charge >= 0.3 is 0 Å². The van der Waals surface area contributed by atoms with E-state index in [-0.39, 0.29) is 10.8 Å². The van der Waals surface area contributed by atoms with E-state index in [1.807, 2.05) is 0 Å². The van der Waals surface area contributed by atoms with E-state index in [9.17, 15) is 0 Å². The van der Waals surface area contributed by atoms with Gasteiger partial charge in [-0.05, 0) is 68.0 Å². The van der Waals surface area contributed by atoms with Crippen LogP contribution in [-0.4, -0.2) is 0 Å². The van der Waals surface area contributed by atoms with Crippen molar-refractivity contribution in [2.45, 2.75) is 46.5 Å². The number of allylic oxidation sites excluding steroid dienone is 4. The van der Waals surface area contributed by atoms with E-state index in [0.29, 0.717) is 0 Å². The van der Waals surface area contributed by atoms with Crippen LogP contribution in [-0.2, 0) is 5.41 Å². The van der Waals surface area contributed by atoms with Crippen molar-refractivity contribution in [1.29, 1.82) is 0 Å². The van der Waals surface area contributed by atoms with Gasteiger partial charge < -0.3 is 0 Å². The first-order valence-electron chi connectivity index (χ1n) is 9.36. The molecule has 0 amide bonds. The first-order valence-corrected chi connectivity index (χ1v) is 9.36. The molecule has 0 aliphatic heterocycles. The van der Waals surface area contributed by atoms with Crippen LogP contribution in [0, 0.1) is 11.8 Å². The summed E-state index contributed by atoms with van der Waals surface area (Å²) >= 11 is 0. The molecule has 2 aromatic rings. The molecule has 0 saturated carbocycles. The van der Waals surface area contributed by atoms with Crippen molar-refractivity contribution in [2.24, 2.45) is 5.41 Å². The third-order valence-corrected chi connectivity index (χ3v) is 6.19. The second kappa shape index (κ2) is 4.55. The molecule has 0 N–H and O–H groups in total. The molecule has 0 heterocycles. The summed E-state index contributed by atoms with van der Waals surface area (Å²) in [6, 6.07) is 11.3. The minimum Gasteiger partial charge on any atom is -0.0763 e. The van der Waals surface area contributed by atoms with Gasteiger partial charge in [-0.1, -0.05) is 71.0 Å². The Morgan fingerprint density at radius 1 is 0.920 bits per heavy atom. The Kier molecular flexibility index (Phi) is 2.77. The molecular formula is C25H25. The summed E-state index contributed by atoms with van der Waals surface area (Å²) in [7, 11) is 0. The zero-order chi connectivity index (χ0) is 17.6. The maximum Gasteiger partial charge on any atom is 0.0215 e. The number of benzene rings is 2. The van der Waals surface area contributed by atoms with Gasteiger partial charge in [0.1, 0.15) is 0 Å². The van der Waals surface area contributed by atoms with E-state index in [1.165, 1.54) is 39.0 Å². The highest BCUT2D eigenvalue weighted by atomic mass is 14.5. The fourth-order valence-electron chi connectivity index (χ4n) is 4.73. The van der Waals surface area contributed by atoms with Crippen LogP contribution >= 0.6 is 0 Å². The molecule has 5 rings (SSSR count). The lowest BCUT2D eigenvalue weighted by Gasteiger charge is -2.18. The number of fused-ring (bicyclic) bond motifs is 5. The summed E-state index contributed by atoms with van der Waals surface area (Å²) in [6.07, 6.45) is 8.33. The quantitative estimate of drug-likeness (QED) is 0.469. The van der Waals surface area contributed by atoms with Crippen LogP contribution in [0.3, 0.4) is 0 Å². The topological polar surface area (TPSA) is 0 Å². The van der Waals surface area contributed by atoms with Gasteiger partial charge in [0.05, 0.1) is 0 Å². The van der Waals surface area contributed by atoms with E-state index in [2.05, 4.69) is 83.5 Å². The maximum atomic E-state index is 2.47. The Hall–Kier alpha value is -2.08. The SMILES string of the molecule is CC(C)(C)C1=CCC(c2cc3c(c4c2C4(C)C)[CH]c2ccccc2-3)=C1. The molecule has 3 aliphatic rings. The predicted molar refractivity (Wildman–Crippen MR) is 107 cm³/mol. The molecule has 0 unspecified atom stereocenters. The molecule has 125 valence electrons. The van der Waals surface area contributed by atoms with E-state index < -0.39 is 0 Å². The minimum atomic E-state index is 0.215. The van der Waals surface area contributed by atoms with Gasteiger partial charge in [-0.15, -0.1) is 0 Å². The molecule has 0 atom stereocenters. The van der Waals surface area contributed by atoms with Crippen molar-refractivity contribution in [3.63, 3.8) is 0 Å². The van der Waals surface area contributed by atoms with Crippen LogP contribution in [0.2, 0.25) is 0 Å². The van der Waals surface area contributed by atoms with Gasteiger partial charge in [0, 0.05) is 11.8 Å². The lowest BCUT2D eigenvalue weighted by Crippen LogP contribution is -2.05. The molecular weight excluding hydrogens is 300 g/mol. The Balaban J connectivity index is 1.68. The molecule has 2 aromatic carbocycles. The molecule has 0 aromatic heterocycles. The van der Waals surface area contributed by atoms with Crippen LogP contribution in [0.1, 0.15) is 68.9 Å². The summed E-state index contributed by atoms with van der Waals surface area (Å²) in [5.74, 6) is 0. The van der Waals surface area contributed by atoms with Crippen LogP contribution in [0.5, 0.6) is 0 Å². The lowest BCUT2D eigenvalue weighted by atomic mass is 9.87. The highest BCUT2D eigenvalue weighted by Gasteiger charge is 2.48. The van der Waals surface area contributed by atoms with Gasteiger partial charge in [-0.25, -0.2) is 0 Å². The van der Waals surface area contributed by atoms with Gasteiger partial charge in [-0.3, -0.25) is 0 Å². The molecule has 25 heavy (non-hydrogen) atoms. The largest absolute Gasteiger partial charge is 0.0763 e. The summed E-state index contributed by atoms with van der Waals surface area (Å²) < 4.78 is 0. The predicted octanol–water partition coefficient (Wildman–Crippen LogP) is 6.67. The third-order valence-electron chi connectivity index (χ3n) is 6.19. The van der Waals surface area contributed by atoms with Crippen molar-refractivity contribution < 1.29 is 0 Å². The highest BCUT2D eigenvalue weighted by molar-refractivity contribution is 5.93. The Morgan fingerprint density at radius 3 is 2.40 bits per heavy atom. The molecule has 3 aliphatic carbocycles. The van der Waals surface area contributed by atoms with Crippen LogP contribution in [0.25, 0.3) is 16.7 Å². The van der Waals surface area contributed by atoms with Gasteiger partial charge in [0.15, 0.2) is 0 Å². The number of hydrogen-bond acceptors (Lipinski definition) is 0. The lowest BCUT2D eigenvalue weighted by molar-refractivity contribution is 0.518. The highest BCUT2D eigenvalue weighted by Crippen LogP contribution is 2.60. The van der Waals surface area contributed by atoms with Crippen molar-refractivity contribution in [3.05, 3.63) is 82.3 Å². The summed E-state index contributed by atoms with van der Waals surface area (Å²) in [5.41, 5.74) is 13.7. The van der Waals surface area contributed by atoms with Gasteiger partial charge in [0.25, 0.3) is 0 Å². The second-order valence-corrected chi connectivity index (χ2v) is 9.28. The molecule has 0 spiro atoms. The smallest absolute Gasteiger partial charge is 0.0215 e. The molecule has 0 fully saturated rings. The summed E-state index contributed by atoms with van der Waals surface area (Å²) in [6.45, 7) is 11.7. The van der Waals surface area contributed by atoms with Crippen molar-refractivity contribution in [2.75, 3.05) is 0 Å². The first kappa shape index (κ1) is 15.2. The van der Waals surface area contributed by atoms with Crippen LogP contribution < -0.4 is 0 Å². The van der Waals surface area contributed by atoms with Crippen LogP contribution in [0.15, 0.2) is 48.1 Å². The van der Waals surface area contributed by atoms with Crippen molar-refractivity contribution >= 4 is 5.57 Å². The fraction of sp³-hybridized carbons (Fsp3) is 0.320. The second-order valence-electron chi connectivity index (χ2n) is 9.28. The van der Waals surface area contributed by atoms with Gasteiger partial charge in [-0.2, -0.15) is 0 Å². The average molecular weight is 325 g/mol. The van der Waals surface area contributed by atoms with E-state index >= 15 is 0 Å². The first-order chi connectivity index (χ1) is 11.8. The number of hydrogen-bond donors (Lipinski definition) is 0. The Morgan fingerprint density at radius 2 is 1.68 bits per heavy atom. The maximum absolute atomic E-state index is 2.47. The molecule has 0 saturated heterocycles. The van der Waals surface area contributed by atoms with Crippen molar-refractivity contribution in [1.82, 2.24) is 0 Å². The minimum absolute atomic E-state index is 0.215. The summed E-state index contributed by atoms with van der Waals surface area (Å²) in [5, 5.41) is 0. The summed E-state index contributed by atoms with van der Waals surface area (Å²) in [4.78, 5) is 0. The Bertz CT molecular complexity index is 987. The van der Waals surface area contributed by atoms with Crippen LogP contribution in [0.4, 0.5) is 0 Å². The molecule has 0 nitrogen and oxygen atoms in total. The zero-order valence-corrected chi connectivity index (χ0v) is 15.8. The monoisotopic (exact) mass is 325 g/mol. The van der Waals surface area contributed by atoms with E-state index in [4.69, 9.17) is 0 Å². The normalized spacial score (nSPS) is 19.1. The zero-order valence-electron chi connectivity index (χ0n) is 15.8. The number of rotatable bonds is 1. The fourth-order valence-corrected chi connectivity index (χ4v) is 4.73. The third kappa shape index (κ3) is 2.00. The van der Waals surface area contributed by atoms with E-state index in [0.717, 1.165) is 6.42 Å². The molecule has 1 radical (unpaired) electrons. The molecule has 0 heteroatoms. The molecule has 0 bridgehead atoms. The Labute approximate surface area is 151 Å². The van der Waals surface area contributed by atoms with Crippen molar-refractivity contribution in [3.8, 4) is 11.1 Å². The van der Waals surface area contributed by atoms with E-state index in [1.54, 1.807) is 11.1 Å². The average Bonchev–Trinajstić information content (AvgIpc) is 2.96. The van der Waals surface area contributed by atoms with Gasteiger partial charge in [0.2, 0.25) is 0 Å².